The number of hydrogen-bond acceptors (Lipinski definition) is 3. The second kappa shape index (κ2) is 6.01. The zero-order valence-corrected chi connectivity index (χ0v) is 11.5. The molecule has 1 amide bonds. The Labute approximate surface area is 109 Å². The Morgan fingerprint density at radius 2 is 2.06 bits per heavy atom. The summed E-state index contributed by atoms with van der Waals surface area (Å²) in [5, 5.41) is 9.01. The minimum Gasteiger partial charge on any atom is -0.319 e. The summed E-state index contributed by atoms with van der Waals surface area (Å²) in [7, 11) is 0. The van der Waals surface area contributed by atoms with Crippen molar-refractivity contribution in [3.8, 4) is 6.07 Å². The lowest BCUT2D eigenvalue weighted by Gasteiger charge is -2.38. The third kappa shape index (κ3) is 2.41. The third-order valence-electron chi connectivity index (χ3n) is 4.41. The zero-order chi connectivity index (χ0) is 13.8. The first-order valence-corrected chi connectivity index (χ1v) is 6.68. The normalized spacial score (nSPS) is 20.8. The summed E-state index contributed by atoms with van der Waals surface area (Å²) in [6.45, 7) is 6.72. The molecule has 0 saturated carbocycles. The molecule has 0 saturated heterocycles. The van der Waals surface area contributed by atoms with Crippen molar-refractivity contribution in [1.82, 2.24) is 4.90 Å². The number of nitrogens with two attached hydrogens (primary N) is 1. The Morgan fingerprint density at radius 3 is 2.50 bits per heavy atom. The summed E-state index contributed by atoms with van der Waals surface area (Å²) in [6.07, 6.45) is 6.25. The van der Waals surface area contributed by atoms with Crippen LogP contribution in [0.15, 0.2) is 12.2 Å². The highest BCUT2D eigenvalue weighted by molar-refractivity contribution is 5.84. The number of carbonyl (C=O) groups excluding carboxylic acids is 1. The van der Waals surface area contributed by atoms with E-state index in [-0.39, 0.29) is 11.3 Å². The molecule has 0 aliphatic carbocycles. The van der Waals surface area contributed by atoms with Crippen LogP contribution in [0.25, 0.3) is 0 Å². The second-order valence-corrected chi connectivity index (χ2v) is 4.89. The van der Waals surface area contributed by atoms with Crippen LogP contribution in [0.1, 0.15) is 40.0 Å². The molecule has 1 heterocycles. The van der Waals surface area contributed by atoms with E-state index in [1.807, 2.05) is 6.08 Å². The van der Waals surface area contributed by atoms with E-state index in [9.17, 15) is 4.79 Å². The topological polar surface area (TPSA) is 70.1 Å². The first-order chi connectivity index (χ1) is 8.56. The van der Waals surface area contributed by atoms with Crippen LogP contribution >= 0.6 is 0 Å². The number of rotatable bonds is 5. The van der Waals surface area contributed by atoms with Gasteiger partial charge in [-0.25, -0.2) is 0 Å². The zero-order valence-electron chi connectivity index (χ0n) is 11.5. The fourth-order valence-corrected chi connectivity index (χ4v) is 2.71. The van der Waals surface area contributed by atoms with Crippen LogP contribution in [0, 0.1) is 16.7 Å². The minimum atomic E-state index is -0.520. The van der Waals surface area contributed by atoms with Gasteiger partial charge in [0.15, 0.2) is 0 Å². The molecule has 0 aromatic rings. The van der Waals surface area contributed by atoms with E-state index in [4.69, 9.17) is 11.0 Å². The van der Waals surface area contributed by atoms with Crippen molar-refractivity contribution >= 4 is 5.91 Å². The third-order valence-corrected chi connectivity index (χ3v) is 4.41. The van der Waals surface area contributed by atoms with E-state index >= 15 is 0 Å². The van der Waals surface area contributed by atoms with Crippen LogP contribution in [0.5, 0.6) is 0 Å². The van der Waals surface area contributed by atoms with Crippen molar-refractivity contribution in [2.45, 2.75) is 52.1 Å². The number of nitrogens with zero attached hydrogens (tertiary/aromatic N) is 2. The minimum absolute atomic E-state index is 0.0999. The van der Waals surface area contributed by atoms with Gasteiger partial charge in [0, 0.05) is 6.54 Å². The molecular weight excluding hydrogens is 226 g/mol. The Balaban J connectivity index is 2.87. The van der Waals surface area contributed by atoms with E-state index in [1.165, 1.54) is 0 Å². The summed E-state index contributed by atoms with van der Waals surface area (Å²) in [6, 6.07) is 1.15. The fraction of sp³-hybridized carbons (Fsp3) is 0.714. The average Bonchev–Trinajstić information content (AvgIpc) is 2.88. The lowest BCUT2D eigenvalue weighted by molar-refractivity contribution is -0.135. The summed E-state index contributed by atoms with van der Waals surface area (Å²) in [5.74, 6) is -0.0999. The molecule has 1 rings (SSSR count). The smallest absolute Gasteiger partial charge is 0.241 e. The van der Waals surface area contributed by atoms with Crippen molar-refractivity contribution in [3.05, 3.63) is 12.2 Å². The van der Waals surface area contributed by atoms with Crippen molar-refractivity contribution in [2.75, 3.05) is 6.54 Å². The maximum atomic E-state index is 12.4. The van der Waals surface area contributed by atoms with Gasteiger partial charge < -0.3 is 10.6 Å². The molecule has 100 valence electrons. The molecule has 0 aromatic heterocycles. The van der Waals surface area contributed by atoms with Crippen LogP contribution < -0.4 is 5.73 Å². The fourth-order valence-electron chi connectivity index (χ4n) is 2.71. The van der Waals surface area contributed by atoms with Gasteiger partial charge in [0.1, 0.15) is 6.04 Å². The van der Waals surface area contributed by atoms with Crippen LogP contribution in [0.3, 0.4) is 0 Å². The standard InChI is InChI=1S/C14H23N3O/c1-4-14(5-2,6-3)12(16)13(18)17-9-7-8-11(17)10-15/h7-8,11-12H,4-6,9,16H2,1-3H3/t11-,12+/m0/s1. The molecule has 18 heavy (non-hydrogen) atoms. The van der Waals surface area contributed by atoms with E-state index in [0.29, 0.717) is 6.54 Å². The molecule has 2 atom stereocenters. The quantitative estimate of drug-likeness (QED) is 0.755. The van der Waals surface area contributed by atoms with Crippen molar-refractivity contribution in [2.24, 2.45) is 11.1 Å². The Kier molecular flexibility index (Phi) is 4.92. The number of carbonyl (C=O) groups is 1. The SMILES string of the molecule is CCC(CC)(CC)[C@H](N)C(=O)N1CC=C[C@H]1C#N. The summed E-state index contributed by atoms with van der Waals surface area (Å²) in [4.78, 5) is 14.0. The molecule has 0 aromatic carbocycles. The molecular formula is C14H23N3O. The maximum Gasteiger partial charge on any atom is 0.241 e. The van der Waals surface area contributed by atoms with Crippen molar-refractivity contribution in [1.29, 1.82) is 5.26 Å². The molecule has 1 aliphatic heterocycles. The molecule has 0 fully saturated rings. The molecule has 4 heteroatoms. The van der Waals surface area contributed by atoms with Gasteiger partial charge in [-0.2, -0.15) is 5.26 Å². The molecule has 4 nitrogen and oxygen atoms in total. The first kappa shape index (κ1) is 14.7. The maximum absolute atomic E-state index is 12.4. The predicted molar refractivity (Wildman–Crippen MR) is 71.5 cm³/mol. The number of nitriles is 1. The van der Waals surface area contributed by atoms with Gasteiger partial charge in [-0.3, -0.25) is 4.79 Å². The molecule has 0 unspecified atom stereocenters. The van der Waals surface area contributed by atoms with Crippen LogP contribution in [-0.2, 0) is 4.79 Å². The van der Waals surface area contributed by atoms with Crippen LogP contribution in [0.4, 0.5) is 0 Å². The monoisotopic (exact) mass is 249 g/mol. The van der Waals surface area contributed by atoms with Gasteiger partial charge in [-0.05, 0) is 30.8 Å². The van der Waals surface area contributed by atoms with E-state index in [2.05, 4.69) is 26.8 Å². The molecule has 2 N–H and O–H groups in total. The average molecular weight is 249 g/mol. The lowest BCUT2D eigenvalue weighted by atomic mass is 9.73. The van der Waals surface area contributed by atoms with Gasteiger partial charge in [0.25, 0.3) is 0 Å². The second-order valence-electron chi connectivity index (χ2n) is 4.89. The Hall–Kier alpha value is -1.34. The number of amides is 1. The Bertz CT molecular complexity index is 357. The van der Waals surface area contributed by atoms with Gasteiger partial charge in [-0.15, -0.1) is 0 Å². The van der Waals surface area contributed by atoms with Gasteiger partial charge in [-0.1, -0.05) is 26.8 Å². The van der Waals surface area contributed by atoms with E-state index in [1.54, 1.807) is 11.0 Å². The largest absolute Gasteiger partial charge is 0.319 e. The molecule has 0 bridgehead atoms. The molecule has 1 aliphatic rings. The Morgan fingerprint density at radius 1 is 1.50 bits per heavy atom. The van der Waals surface area contributed by atoms with E-state index < -0.39 is 12.1 Å². The summed E-state index contributed by atoms with van der Waals surface area (Å²) < 4.78 is 0. The highest BCUT2D eigenvalue weighted by atomic mass is 16.2. The highest BCUT2D eigenvalue weighted by Gasteiger charge is 2.40. The molecule has 0 radical (unpaired) electrons. The first-order valence-electron chi connectivity index (χ1n) is 6.68. The van der Waals surface area contributed by atoms with Crippen LogP contribution in [-0.4, -0.2) is 29.4 Å². The van der Waals surface area contributed by atoms with Gasteiger partial charge in [0.2, 0.25) is 5.91 Å². The summed E-state index contributed by atoms with van der Waals surface area (Å²) in [5.41, 5.74) is 6.04. The predicted octanol–water partition coefficient (Wildman–Crippen LogP) is 1.82. The van der Waals surface area contributed by atoms with Gasteiger partial charge in [0.05, 0.1) is 12.1 Å². The number of hydrogen-bond donors (Lipinski definition) is 1. The van der Waals surface area contributed by atoms with Gasteiger partial charge >= 0.3 is 0 Å². The summed E-state index contributed by atoms with van der Waals surface area (Å²) >= 11 is 0. The van der Waals surface area contributed by atoms with Crippen LogP contribution in [0.2, 0.25) is 0 Å². The van der Waals surface area contributed by atoms with Crippen molar-refractivity contribution in [3.63, 3.8) is 0 Å². The highest BCUT2D eigenvalue weighted by Crippen LogP contribution is 2.34. The van der Waals surface area contributed by atoms with Crippen molar-refractivity contribution < 1.29 is 4.79 Å². The lowest BCUT2D eigenvalue weighted by Crippen LogP contribution is -2.54. The molecule has 0 spiro atoms. The van der Waals surface area contributed by atoms with E-state index in [0.717, 1.165) is 19.3 Å².